The number of rotatable bonds is 5. The van der Waals surface area contributed by atoms with Crippen LogP contribution in [0.1, 0.15) is 54.7 Å². The number of fused-ring (bicyclic) bond motifs is 1. The third-order valence-corrected chi connectivity index (χ3v) is 4.18. The van der Waals surface area contributed by atoms with E-state index in [1.54, 1.807) is 0 Å². The van der Waals surface area contributed by atoms with E-state index in [1.807, 2.05) is 45.0 Å². The van der Waals surface area contributed by atoms with E-state index in [9.17, 15) is 9.59 Å². The Balaban J connectivity index is 1.60. The largest absolute Gasteiger partial charge is 0.359 e. The minimum atomic E-state index is -0.443. The van der Waals surface area contributed by atoms with Crippen LogP contribution >= 0.6 is 0 Å². The van der Waals surface area contributed by atoms with Gasteiger partial charge in [0.2, 0.25) is 11.8 Å². The molecule has 126 valence electrons. The van der Waals surface area contributed by atoms with Crippen LogP contribution in [-0.2, 0) is 16.1 Å². The Morgan fingerprint density at radius 3 is 2.88 bits per heavy atom. The Kier molecular flexibility index (Phi) is 4.38. The molecule has 1 atom stereocenters. The molecule has 0 unspecified atom stereocenters. The zero-order valence-corrected chi connectivity index (χ0v) is 14.1. The number of benzene rings is 1. The van der Waals surface area contributed by atoms with Crippen molar-refractivity contribution >= 4 is 17.5 Å². The fraction of sp³-hybridized carbons (Fsp3) is 0.389. The van der Waals surface area contributed by atoms with Crippen molar-refractivity contribution in [2.24, 2.45) is 0 Å². The Morgan fingerprint density at radius 2 is 2.17 bits per heavy atom. The SMILES string of the molecule is Cc1ccc2c(c1)NC(=O)[C@H]2CC(=O)NCc1cc(C(C)C)no1. The predicted molar refractivity (Wildman–Crippen MR) is 89.6 cm³/mol. The number of nitrogens with one attached hydrogen (secondary N) is 2. The number of carbonyl (C=O) groups is 2. The highest BCUT2D eigenvalue weighted by Gasteiger charge is 2.32. The maximum Gasteiger partial charge on any atom is 0.232 e. The van der Waals surface area contributed by atoms with Crippen LogP contribution in [0.2, 0.25) is 0 Å². The second-order valence-corrected chi connectivity index (χ2v) is 6.49. The molecule has 0 aliphatic carbocycles. The smallest absolute Gasteiger partial charge is 0.232 e. The van der Waals surface area contributed by atoms with E-state index >= 15 is 0 Å². The van der Waals surface area contributed by atoms with Crippen LogP contribution in [0.5, 0.6) is 0 Å². The molecule has 1 aromatic carbocycles. The van der Waals surface area contributed by atoms with E-state index in [1.165, 1.54) is 0 Å². The number of aryl methyl sites for hydroxylation is 1. The number of anilines is 1. The molecule has 0 saturated carbocycles. The molecule has 2 N–H and O–H groups in total. The second-order valence-electron chi connectivity index (χ2n) is 6.49. The quantitative estimate of drug-likeness (QED) is 0.884. The highest BCUT2D eigenvalue weighted by atomic mass is 16.5. The molecule has 0 spiro atoms. The summed E-state index contributed by atoms with van der Waals surface area (Å²) in [5.41, 5.74) is 3.61. The molecule has 6 heteroatoms. The summed E-state index contributed by atoms with van der Waals surface area (Å²) in [5, 5.41) is 9.58. The monoisotopic (exact) mass is 327 g/mol. The Hall–Kier alpha value is -2.63. The molecule has 3 rings (SSSR count). The van der Waals surface area contributed by atoms with Crippen molar-refractivity contribution in [1.29, 1.82) is 0 Å². The van der Waals surface area contributed by atoms with Gasteiger partial charge in [-0.25, -0.2) is 0 Å². The van der Waals surface area contributed by atoms with Gasteiger partial charge >= 0.3 is 0 Å². The van der Waals surface area contributed by atoms with Gasteiger partial charge in [0, 0.05) is 18.2 Å². The highest BCUT2D eigenvalue weighted by molar-refractivity contribution is 6.05. The highest BCUT2D eigenvalue weighted by Crippen LogP contribution is 2.35. The van der Waals surface area contributed by atoms with Crippen LogP contribution in [-0.4, -0.2) is 17.0 Å². The molecular weight excluding hydrogens is 306 g/mol. The average molecular weight is 327 g/mol. The van der Waals surface area contributed by atoms with Crippen molar-refractivity contribution in [3.05, 3.63) is 46.8 Å². The number of nitrogens with zero attached hydrogens (tertiary/aromatic N) is 1. The number of carbonyl (C=O) groups excluding carboxylic acids is 2. The molecule has 6 nitrogen and oxygen atoms in total. The fourth-order valence-corrected chi connectivity index (χ4v) is 2.77. The number of amides is 2. The zero-order chi connectivity index (χ0) is 17.3. The summed E-state index contributed by atoms with van der Waals surface area (Å²) in [4.78, 5) is 24.3. The van der Waals surface area contributed by atoms with Crippen molar-refractivity contribution in [2.45, 2.75) is 45.6 Å². The molecule has 0 bridgehead atoms. The minimum absolute atomic E-state index is 0.118. The van der Waals surface area contributed by atoms with Gasteiger partial charge in [-0.3, -0.25) is 9.59 Å². The van der Waals surface area contributed by atoms with Crippen LogP contribution in [0.15, 0.2) is 28.8 Å². The molecule has 1 aliphatic heterocycles. The van der Waals surface area contributed by atoms with Crippen LogP contribution < -0.4 is 10.6 Å². The molecule has 2 aromatic rings. The summed E-state index contributed by atoms with van der Waals surface area (Å²) in [7, 11) is 0. The number of hydrogen-bond acceptors (Lipinski definition) is 4. The van der Waals surface area contributed by atoms with Crippen molar-refractivity contribution in [3.63, 3.8) is 0 Å². The summed E-state index contributed by atoms with van der Waals surface area (Å²) in [6.07, 6.45) is 0.118. The van der Waals surface area contributed by atoms with E-state index in [0.29, 0.717) is 5.76 Å². The zero-order valence-electron chi connectivity index (χ0n) is 14.1. The van der Waals surface area contributed by atoms with Crippen LogP contribution in [0.25, 0.3) is 0 Å². The van der Waals surface area contributed by atoms with Crippen molar-refractivity contribution in [2.75, 3.05) is 5.32 Å². The van der Waals surface area contributed by atoms with E-state index in [-0.39, 0.29) is 30.7 Å². The number of hydrogen-bond donors (Lipinski definition) is 2. The lowest BCUT2D eigenvalue weighted by Gasteiger charge is -2.09. The summed E-state index contributed by atoms with van der Waals surface area (Å²) >= 11 is 0. The number of aromatic nitrogens is 1. The van der Waals surface area contributed by atoms with Gasteiger partial charge in [0.1, 0.15) is 0 Å². The van der Waals surface area contributed by atoms with Gasteiger partial charge in [-0.2, -0.15) is 0 Å². The maximum atomic E-state index is 12.2. The molecule has 0 radical (unpaired) electrons. The summed E-state index contributed by atoms with van der Waals surface area (Å²) < 4.78 is 5.19. The predicted octanol–water partition coefficient (Wildman–Crippen LogP) is 2.85. The first kappa shape index (κ1) is 16.2. The second kappa shape index (κ2) is 6.47. The normalized spacial score (nSPS) is 16.2. The molecule has 1 aliphatic rings. The summed E-state index contributed by atoms with van der Waals surface area (Å²) in [6.45, 7) is 6.29. The van der Waals surface area contributed by atoms with Crippen molar-refractivity contribution in [1.82, 2.24) is 10.5 Å². The summed E-state index contributed by atoms with van der Waals surface area (Å²) in [5.74, 6) is 0.124. The van der Waals surface area contributed by atoms with Gasteiger partial charge in [0.05, 0.1) is 18.2 Å². The lowest BCUT2D eigenvalue weighted by atomic mass is 9.96. The third kappa shape index (κ3) is 3.32. The summed E-state index contributed by atoms with van der Waals surface area (Å²) in [6, 6.07) is 7.62. The van der Waals surface area contributed by atoms with Gasteiger partial charge in [-0.1, -0.05) is 31.1 Å². The molecule has 1 aromatic heterocycles. The minimum Gasteiger partial charge on any atom is -0.359 e. The maximum absolute atomic E-state index is 12.2. The van der Waals surface area contributed by atoms with Gasteiger partial charge in [-0.15, -0.1) is 0 Å². The van der Waals surface area contributed by atoms with Crippen LogP contribution in [0.4, 0.5) is 5.69 Å². The first-order chi connectivity index (χ1) is 11.4. The van der Waals surface area contributed by atoms with E-state index in [4.69, 9.17) is 4.52 Å². The van der Waals surface area contributed by atoms with Crippen molar-refractivity contribution in [3.8, 4) is 0 Å². The molecule has 2 heterocycles. The topological polar surface area (TPSA) is 84.2 Å². The van der Waals surface area contributed by atoms with Gasteiger partial charge < -0.3 is 15.2 Å². The van der Waals surface area contributed by atoms with Gasteiger partial charge in [-0.05, 0) is 30.0 Å². The van der Waals surface area contributed by atoms with E-state index < -0.39 is 5.92 Å². The van der Waals surface area contributed by atoms with E-state index in [2.05, 4.69) is 15.8 Å². The van der Waals surface area contributed by atoms with Gasteiger partial charge in [0.15, 0.2) is 5.76 Å². The molecule has 0 saturated heterocycles. The first-order valence-electron chi connectivity index (χ1n) is 8.07. The average Bonchev–Trinajstić information content (AvgIpc) is 3.10. The lowest BCUT2D eigenvalue weighted by molar-refractivity contribution is -0.125. The standard InChI is InChI=1S/C18H21N3O3/c1-10(2)15-7-12(24-21-15)9-19-17(22)8-14-13-5-4-11(3)6-16(13)20-18(14)23/h4-7,10,14H,8-9H2,1-3H3,(H,19,22)(H,20,23)/t14-/m0/s1. The molecular formula is C18H21N3O3. The molecule has 2 amide bonds. The van der Waals surface area contributed by atoms with Crippen LogP contribution in [0, 0.1) is 6.92 Å². The molecule has 24 heavy (non-hydrogen) atoms. The third-order valence-electron chi connectivity index (χ3n) is 4.18. The lowest BCUT2D eigenvalue weighted by Crippen LogP contribution is -2.26. The Morgan fingerprint density at radius 1 is 1.38 bits per heavy atom. The van der Waals surface area contributed by atoms with Crippen LogP contribution in [0.3, 0.4) is 0 Å². The van der Waals surface area contributed by atoms with Gasteiger partial charge in [0.25, 0.3) is 0 Å². The molecule has 0 fully saturated rings. The Bertz CT molecular complexity index is 780. The Labute approximate surface area is 140 Å². The van der Waals surface area contributed by atoms with Crippen molar-refractivity contribution < 1.29 is 14.1 Å². The fourth-order valence-electron chi connectivity index (χ4n) is 2.77. The first-order valence-corrected chi connectivity index (χ1v) is 8.07. The van der Waals surface area contributed by atoms with E-state index in [0.717, 1.165) is 22.5 Å².